The van der Waals surface area contributed by atoms with E-state index in [1.807, 2.05) is 0 Å². The van der Waals surface area contributed by atoms with E-state index in [-0.39, 0.29) is 25.7 Å². The Morgan fingerprint density at radius 1 is 0.273 bits per heavy atom. The second-order valence-corrected chi connectivity index (χ2v) is 32.7. The van der Waals surface area contributed by atoms with Crippen molar-refractivity contribution in [3.63, 3.8) is 0 Å². The van der Waals surface area contributed by atoms with Gasteiger partial charge in [0.1, 0.15) is 19.3 Å². The number of carbonyl (C=O) groups is 4. The summed E-state index contributed by atoms with van der Waals surface area (Å²) in [5.74, 6) is -0.541. The summed E-state index contributed by atoms with van der Waals surface area (Å²) in [6, 6.07) is 0. The van der Waals surface area contributed by atoms with Gasteiger partial charge in [0.05, 0.1) is 26.4 Å². The van der Waals surface area contributed by atoms with Gasteiger partial charge in [-0.15, -0.1) is 0 Å². The van der Waals surface area contributed by atoms with Crippen LogP contribution in [-0.4, -0.2) is 96.7 Å². The zero-order valence-electron chi connectivity index (χ0n) is 64.8. The molecule has 99 heavy (non-hydrogen) atoms. The lowest BCUT2D eigenvalue weighted by Crippen LogP contribution is -2.30. The zero-order valence-corrected chi connectivity index (χ0v) is 66.6. The molecular formula is C80H156O17P2. The van der Waals surface area contributed by atoms with Gasteiger partial charge in [0, 0.05) is 25.7 Å². The lowest BCUT2D eigenvalue weighted by molar-refractivity contribution is -0.161. The molecule has 0 rings (SSSR count). The Morgan fingerprint density at radius 3 is 0.687 bits per heavy atom. The molecule has 0 fully saturated rings. The Hall–Kier alpha value is -1.94. The van der Waals surface area contributed by atoms with E-state index in [1.54, 1.807) is 0 Å². The number of hydrogen-bond acceptors (Lipinski definition) is 15. The molecule has 0 aliphatic heterocycles. The Balaban J connectivity index is 5.24. The summed E-state index contributed by atoms with van der Waals surface area (Å²) in [6.45, 7) is 9.65. The third kappa shape index (κ3) is 74.1. The van der Waals surface area contributed by atoms with Crippen LogP contribution < -0.4 is 0 Å². The van der Waals surface area contributed by atoms with Crippen molar-refractivity contribution < 1.29 is 80.2 Å². The van der Waals surface area contributed by atoms with Crippen molar-refractivity contribution in [2.45, 2.75) is 439 Å². The average Bonchev–Trinajstić information content (AvgIpc) is 0.990. The first-order valence-electron chi connectivity index (χ1n) is 41.5. The van der Waals surface area contributed by atoms with Crippen LogP contribution in [0.4, 0.5) is 0 Å². The highest BCUT2D eigenvalue weighted by molar-refractivity contribution is 7.47. The molecule has 2 unspecified atom stereocenters. The molecule has 588 valence electrons. The van der Waals surface area contributed by atoms with E-state index in [1.165, 1.54) is 238 Å². The molecule has 0 bridgehead atoms. The molecule has 0 aromatic rings. The molecule has 5 atom stereocenters. The van der Waals surface area contributed by atoms with E-state index >= 15 is 0 Å². The van der Waals surface area contributed by atoms with Gasteiger partial charge in [-0.25, -0.2) is 9.13 Å². The summed E-state index contributed by atoms with van der Waals surface area (Å²) >= 11 is 0. The van der Waals surface area contributed by atoms with Crippen molar-refractivity contribution in [2.24, 2.45) is 11.8 Å². The Kier molecular flexibility index (Phi) is 70.3. The molecule has 0 aromatic heterocycles. The highest BCUT2D eigenvalue weighted by Crippen LogP contribution is 2.45. The van der Waals surface area contributed by atoms with Gasteiger partial charge >= 0.3 is 39.5 Å². The fourth-order valence-electron chi connectivity index (χ4n) is 12.4. The predicted octanol–water partition coefficient (Wildman–Crippen LogP) is 23.9. The summed E-state index contributed by atoms with van der Waals surface area (Å²) < 4.78 is 68.7. The molecule has 0 heterocycles. The quantitative estimate of drug-likeness (QED) is 0.0222. The second-order valence-electron chi connectivity index (χ2n) is 29.8. The number of unbranched alkanes of at least 4 members (excludes halogenated alkanes) is 49. The summed E-state index contributed by atoms with van der Waals surface area (Å²) in [7, 11) is -9.92. The van der Waals surface area contributed by atoms with Crippen LogP contribution in [0.1, 0.15) is 420 Å². The highest BCUT2D eigenvalue weighted by Gasteiger charge is 2.30. The summed E-state index contributed by atoms with van der Waals surface area (Å²) in [6.07, 6.45) is 61.0. The number of aliphatic hydroxyl groups is 1. The topological polar surface area (TPSA) is 237 Å². The van der Waals surface area contributed by atoms with Crippen molar-refractivity contribution in [1.29, 1.82) is 0 Å². The van der Waals surface area contributed by atoms with Crippen LogP contribution in [0, 0.1) is 11.8 Å². The molecule has 0 amide bonds. The van der Waals surface area contributed by atoms with Gasteiger partial charge in [-0.1, -0.05) is 369 Å². The summed E-state index contributed by atoms with van der Waals surface area (Å²) in [4.78, 5) is 73.0. The van der Waals surface area contributed by atoms with Crippen LogP contribution in [0.5, 0.6) is 0 Å². The van der Waals surface area contributed by atoms with Crippen LogP contribution in [0.15, 0.2) is 0 Å². The minimum Gasteiger partial charge on any atom is -0.462 e. The van der Waals surface area contributed by atoms with E-state index in [2.05, 4.69) is 41.5 Å². The number of esters is 4. The van der Waals surface area contributed by atoms with E-state index in [9.17, 15) is 43.2 Å². The lowest BCUT2D eigenvalue weighted by atomic mass is 10.0. The predicted molar refractivity (Wildman–Crippen MR) is 405 cm³/mol. The maximum atomic E-state index is 13.1. The molecule has 0 spiro atoms. The van der Waals surface area contributed by atoms with E-state index in [0.29, 0.717) is 25.7 Å². The van der Waals surface area contributed by atoms with Gasteiger partial charge in [-0.05, 0) is 37.5 Å². The first kappa shape index (κ1) is 97.1. The van der Waals surface area contributed by atoms with Crippen molar-refractivity contribution in [3.05, 3.63) is 0 Å². The number of rotatable bonds is 79. The largest absolute Gasteiger partial charge is 0.472 e. The van der Waals surface area contributed by atoms with Crippen LogP contribution in [0.3, 0.4) is 0 Å². The smallest absolute Gasteiger partial charge is 0.462 e. The zero-order chi connectivity index (χ0) is 72.8. The number of carbonyl (C=O) groups excluding carboxylic acids is 4. The molecular weight excluding hydrogens is 1290 g/mol. The molecule has 3 N–H and O–H groups in total. The lowest BCUT2D eigenvalue weighted by Gasteiger charge is -2.21. The minimum absolute atomic E-state index is 0.107. The summed E-state index contributed by atoms with van der Waals surface area (Å²) in [5.41, 5.74) is 0. The standard InChI is InChI=1S/C80H156O17P2/c1-7-9-11-13-15-17-19-20-21-22-25-28-33-39-45-51-57-63-78(83)91-69-76(96-79(84)64-58-52-46-40-34-29-26-23-24-27-31-36-42-48-54-60-72(3)4)71-95-99(88,89)93-67-74(81)66-92-98(86,87)94-70-75(68-90-77(82)62-56-50-44-38-18-16-14-12-10-8-2)97-80(85)65-59-53-47-41-35-30-32-37-43-49-55-61-73(5)6/h72-76,81H,7-71H2,1-6H3,(H,86,87)(H,88,89)/t74-,75+,76+/m0/s1. The van der Waals surface area contributed by atoms with E-state index in [0.717, 1.165) is 102 Å². The van der Waals surface area contributed by atoms with Gasteiger partial charge in [-0.2, -0.15) is 0 Å². The van der Waals surface area contributed by atoms with E-state index in [4.69, 9.17) is 37.0 Å². The Labute approximate surface area is 607 Å². The molecule has 0 saturated heterocycles. The van der Waals surface area contributed by atoms with E-state index < -0.39 is 97.5 Å². The number of ether oxygens (including phenoxy) is 4. The van der Waals surface area contributed by atoms with Gasteiger partial charge in [0.15, 0.2) is 12.2 Å². The fraction of sp³-hybridized carbons (Fsp3) is 0.950. The third-order valence-electron chi connectivity index (χ3n) is 18.7. The van der Waals surface area contributed by atoms with Crippen molar-refractivity contribution in [1.82, 2.24) is 0 Å². The van der Waals surface area contributed by atoms with Gasteiger partial charge in [0.2, 0.25) is 0 Å². The number of phosphoric acid groups is 2. The van der Waals surface area contributed by atoms with Crippen LogP contribution in [0.2, 0.25) is 0 Å². The Morgan fingerprint density at radius 2 is 0.465 bits per heavy atom. The van der Waals surface area contributed by atoms with Gasteiger partial charge < -0.3 is 33.8 Å². The van der Waals surface area contributed by atoms with Crippen LogP contribution >= 0.6 is 15.6 Å². The molecule has 0 aliphatic rings. The average molecular weight is 1450 g/mol. The van der Waals surface area contributed by atoms with Crippen LogP contribution in [-0.2, 0) is 65.4 Å². The molecule has 0 aromatic carbocycles. The summed E-state index contributed by atoms with van der Waals surface area (Å²) in [5, 5.41) is 10.6. The van der Waals surface area contributed by atoms with Gasteiger partial charge in [0.25, 0.3) is 0 Å². The molecule has 0 saturated carbocycles. The highest BCUT2D eigenvalue weighted by atomic mass is 31.2. The number of hydrogen-bond donors (Lipinski definition) is 3. The SMILES string of the molecule is CCCCCCCCCCCCCCCCCCCC(=O)OC[C@H](COP(=O)(O)OC[C@@H](O)COP(=O)(O)OC[C@@H](COC(=O)CCCCCCCCCCCC)OC(=O)CCCCCCCCCCCCCC(C)C)OC(=O)CCCCCCCCCCCCCCCCCC(C)C. The second kappa shape index (κ2) is 71.7. The Bertz CT molecular complexity index is 1910. The molecule has 19 heteroatoms. The van der Waals surface area contributed by atoms with Crippen LogP contribution in [0.25, 0.3) is 0 Å². The van der Waals surface area contributed by atoms with Crippen molar-refractivity contribution in [2.75, 3.05) is 39.6 Å². The first-order valence-corrected chi connectivity index (χ1v) is 44.5. The van der Waals surface area contributed by atoms with Crippen molar-refractivity contribution >= 4 is 39.5 Å². The fourth-order valence-corrected chi connectivity index (χ4v) is 13.9. The van der Waals surface area contributed by atoms with Crippen molar-refractivity contribution in [3.8, 4) is 0 Å². The maximum absolute atomic E-state index is 13.1. The first-order chi connectivity index (χ1) is 47.9. The molecule has 0 radical (unpaired) electrons. The minimum atomic E-state index is -4.96. The number of aliphatic hydroxyl groups excluding tert-OH is 1. The normalized spacial score (nSPS) is 13.9. The monoisotopic (exact) mass is 1450 g/mol. The molecule has 0 aliphatic carbocycles. The number of phosphoric ester groups is 2. The molecule has 17 nitrogen and oxygen atoms in total. The third-order valence-corrected chi connectivity index (χ3v) is 20.6. The maximum Gasteiger partial charge on any atom is 0.472 e. The van der Waals surface area contributed by atoms with Gasteiger partial charge in [-0.3, -0.25) is 37.3 Å².